The summed E-state index contributed by atoms with van der Waals surface area (Å²) < 4.78 is 10.8. The number of anilines is 1. The van der Waals surface area contributed by atoms with Crippen LogP contribution >= 0.6 is 11.6 Å². The molecule has 3 N–H and O–H groups in total. The Hall–Kier alpha value is -1.50. The predicted octanol–water partition coefficient (Wildman–Crippen LogP) is 2.12. The van der Waals surface area contributed by atoms with Gasteiger partial charge in [0.1, 0.15) is 5.75 Å². The minimum atomic E-state index is -0.492. The maximum Gasteiger partial charge on any atom is 0.255 e. The van der Waals surface area contributed by atoms with Crippen molar-refractivity contribution in [3.05, 3.63) is 22.7 Å². The molecule has 0 aromatic heterocycles. The van der Waals surface area contributed by atoms with E-state index in [-0.39, 0.29) is 11.9 Å². The van der Waals surface area contributed by atoms with E-state index in [1.165, 1.54) is 7.11 Å². The molecule has 7 heteroatoms. The molecule has 1 aromatic rings. The van der Waals surface area contributed by atoms with E-state index < -0.39 is 6.29 Å². The van der Waals surface area contributed by atoms with Crippen LogP contribution in [0.1, 0.15) is 30.1 Å². The molecule has 1 amide bonds. The molecule has 132 valence electrons. The molecule has 2 unspecified atom stereocenters. The Morgan fingerprint density at radius 1 is 1.42 bits per heavy atom. The standard InChI is InChI=1S/C17H24ClN3O3/c1-10(23-2)24-16-8-14(19)13(18)7-12(16)17(22)20-15-9-21-5-3-11(15)4-6-21/h7-8,10-11,15H,3-6,9,19H2,1-2H3,(H,20,22). The molecule has 0 spiro atoms. The lowest BCUT2D eigenvalue weighted by Crippen LogP contribution is -2.57. The van der Waals surface area contributed by atoms with Gasteiger partial charge in [0, 0.05) is 25.8 Å². The molecule has 3 aliphatic rings. The lowest BCUT2D eigenvalue weighted by molar-refractivity contribution is -0.0385. The highest BCUT2D eigenvalue weighted by Gasteiger charge is 2.35. The largest absolute Gasteiger partial charge is 0.464 e. The van der Waals surface area contributed by atoms with Gasteiger partial charge in [-0.1, -0.05) is 11.6 Å². The van der Waals surface area contributed by atoms with Crippen LogP contribution in [-0.2, 0) is 4.74 Å². The number of hydrogen-bond donors (Lipinski definition) is 2. The number of nitrogens with two attached hydrogens (primary N) is 1. The van der Waals surface area contributed by atoms with Crippen LogP contribution in [-0.4, -0.2) is 49.9 Å². The molecular formula is C17H24ClN3O3. The second kappa shape index (κ2) is 7.17. The highest BCUT2D eigenvalue weighted by molar-refractivity contribution is 6.33. The summed E-state index contributed by atoms with van der Waals surface area (Å²) in [6.07, 6.45) is 1.78. The summed E-state index contributed by atoms with van der Waals surface area (Å²) in [4.78, 5) is 15.2. The summed E-state index contributed by atoms with van der Waals surface area (Å²) >= 11 is 6.11. The van der Waals surface area contributed by atoms with Crippen LogP contribution in [0.25, 0.3) is 0 Å². The summed E-state index contributed by atoms with van der Waals surface area (Å²) in [5, 5.41) is 3.48. The summed E-state index contributed by atoms with van der Waals surface area (Å²) in [7, 11) is 1.54. The van der Waals surface area contributed by atoms with E-state index in [1.807, 2.05) is 0 Å². The van der Waals surface area contributed by atoms with Crippen molar-refractivity contribution in [1.82, 2.24) is 10.2 Å². The van der Waals surface area contributed by atoms with E-state index in [0.29, 0.717) is 27.9 Å². The van der Waals surface area contributed by atoms with Crippen molar-refractivity contribution in [1.29, 1.82) is 0 Å². The topological polar surface area (TPSA) is 76.8 Å². The van der Waals surface area contributed by atoms with Crippen molar-refractivity contribution in [3.8, 4) is 5.75 Å². The lowest BCUT2D eigenvalue weighted by Gasteiger charge is -2.44. The van der Waals surface area contributed by atoms with Crippen molar-refractivity contribution in [2.75, 3.05) is 32.5 Å². The minimum Gasteiger partial charge on any atom is -0.464 e. The Morgan fingerprint density at radius 2 is 2.12 bits per heavy atom. The third-order valence-corrected chi connectivity index (χ3v) is 5.27. The Morgan fingerprint density at radius 3 is 2.71 bits per heavy atom. The van der Waals surface area contributed by atoms with Gasteiger partial charge >= 0.3 is 0 Å². The number of nitrogens with one attached hydrogen (secondary N) is 1. The predicted molar refractivity (Wildman–Crippen MR) is 93.4 cm³/mol. The summed E-state index contributed by atoms with van der Waals surface area (Å²) in [5.41, 5.74) is 6.60. The van der Waals surface area contributed by atoms with E-state index in [9.17, 15) is 4.79 Å². The first kappa shape index (κ1) is 17.3. The second-order valence-electron chi connectivity index (χ2n) is 6.51. The Balaban J connectivity index is 1.79. The zero-order valence-electron chi connectivity index (χ0n) is 14.0. The SMILES string of the molecule is COC(C)Oc1cc(N)c(Cl)cc1C(=O)NC1CN2CCC1CC2. The average molecular weight is 354 g/mol. The zero-order chi connectivity index (χ0) is 17.3. The number of rotatable bonds is 5. The van der Waals surface area contributed by atoms with Crippen LogP contribution in [0.4, 0.5) is 5.69 Å². The average Bonchev–Trinajstić information content (AvgIpc) is 2.58. The number of methoxy groups -OCH3 is 1. The normalized spacial score (nSPS) is 26.9. The summed E-state index contributed by atoms with van der Waals surface area (Å²) in [6.45, 7) is 4.92. The Bertz CT molecular complexity index is 617. The summed E-state index contributed by atoms with van der Waals surface area (Å²) in [6, 6.07) is 3.30. The van der Waals surface area contributed by atoms with Crippen molar-refractivity contribution < 1.29 is 14.3 Å². The van der Waals surface area contributed by atoms with Gasteiger partial charge in [0.2, 0.25) is 0 Å². The van der Waals surface area contributed by atoms with Crippen LogP contribution in [0.5, 0.6) is 5.75 Å². The van der Waals surface area contributed by atoms with Crippen LogP contribution < -0.4 is 15.8 Å². The van der Waals surface area contributed by atoms with Crippen molar-refractivity contribution in [3.63, 3.8) is 0 Å². The van der Waals surface area contributed by atoms with Gasteiger partial charge < -0.3 is 25.4 Å². The fraction of sp³-hybridized carbons (Fsp3) is 0.588. The molecule has 3 heterocycles. The van der Waals surface area contributed by atoms with Gasteiger partial charge in [-0.2, -0.15) is 0 Å². The molecule has 3 fully saturated rings. The van der Waals surface area contributed by atoms with E-state index in [4.69, 9.17) is 26.8 Å². The Kier molecular flexibility index (Phi) is 5.18. The first-order chi connectivity index (χ1) is 11.5. The van der Waals surface area contributed by atoms with E-state index >= 15 is 0 Å². The highest BCUT2D eigenvalue weighted by atomic mass is 35.5. The highest BCUT2D eigenvalue weighted by Crippen LogP contribution is 2.31. The first-order valence-corrected chi connectivity index (χ1v) is 8.67. The third-order valence-electron chi connectivity index (χ3n) is 4.94. The number of nitrogens with zero attached hydrogens (tertiary/aromatic N) is 1. The molecule has 3 aliphatic heterocycles. The molecule has 0 radical (unpaired) electrons. The van der Waals surface area contributed by atoms with Gasteiger partial charge in [0.05, 0.1) is 16.3 Å². The molecule has 2 atom stereocenters. The van der Waals surface area contributed by atoms with Crippen molar-refractivity contribution in [2.45, 2.75) is 32.1 Å². The number of ether oxygens (including phenoxy) is 2. The van der Waals surface area contributed by atoms with Gasteiger partial charge in [0.25, 0.3) is 5.91 Å². The third kappa shape index (κ3) is 3.61. The molecule has 1 aromatic carbocycles. The molecule has 4 rings (SSSR count). The molecule has 2 bridgehead atoms. The number of hydrogen-bond acceptors (Lipinski definition) is 5. The monoisotopic (exact) mass is 353 g/mol. The fourth-order valence-corrected chi connectivity index (χ4v) is 3.61. The van der Waals surface area contributed by atoms with Gasteiger partial charge in [0.15, 0.2) is 6.29 Å². The summed E-state index contributed by atoms with van der Waals surface area (Å²) in [5.74, 6) is 0.740. The van der Waals surface area contributed by atoms with Gasteiger partial charge in [-0.25, -0.2) is 0 Å². The number of piperidine rings is 3. The minimum absolute atomic E-state index is 0.170. The lowest BCUT2D eigenvalue weighted by atomic mass is 9.84. The quantitative estimate of drug-likeness (QED) is 0.626. The van der Waals surface area contributed by atoms with E-state index in [1.54, 1.807) is 19.1 Å². The molecule has 0 aliphatic carbocycles. The molecule has 6 nitrogen and oxygen atoms in total. The number of amides is 1. The number of benzene rings is 1. The first-order valence-electron chi connectivity index (χ1n) is 8.29. The number of nitrogen functional groups attached to an aromatic ring is 1. The van der Waals surface area contributed by atoms with E-state index in [0.717, 1.165) is 32.5 Å². The number of halogens is 1. The van der Waals surface area contributed by atoms with Gasteiger partial charge in [-0.3, -0.25) is 4.79 Å². The zero-order valence-corrected chi connectivity index (χ0v) is 14.8. The Labute approximate surface area is 147 Å². The van der Waals surface area contributed by atoms with Gasteiger partial charge in [-0.05, 0) is 44.8 Å². The maximum absolute atomic E-state index is 12.8. The molecular weight excluding hydrogens is 330 g/mol. The van der Waals surface area contributed by atoms with Crippen LogP contribution in [0.3, 0.4) is 0 Å². The molecule has 0 saturated carbocycles. The number of carbonyl (C=O) groups excluding carboxylic acids is 1. The number of carbonyl (C=O) groups is 1. The maximum atomic E-state index is 12.8. The van der Waals surface area contributed by atoms with Crippen LogP contribution in [0.15, 0.2) is 12.1 Å². The van der Waals surface area contributed by atoms with Crippen LogP contribution in [0, 0.1) is 5.92 Å². The van der Waals surface area contributed by atoms with Gasteiger partial charge in [-0.15, -0.1) is 0 Å². The number of fused-ring (bicyclic) bond motifs is 3. The van der Waals surface area contributed by atoms with E-state index in [2.05, 4.69) is 10.2 Å². The smallest absolute Gasteiger partial charge is 0.255 e. The second-order valence-corrected chi connectivity index (χ2v) is 6.92. The van der Waals surface area contributed by atoms with Crippen molar-refractivity contribution >= 4 is 23.2 Å². The van der Waals surface area contributed by atoms with Crippen LogP contribution in [0.2, 0.25) is 5.02 Å². The van der Waals surface area contributed by atoms with Crippen molar-refractivity contribution in [2.24, 2.45) is 5.92 Å². The molecule has 3 saturated heterocycles. The molecule has 24 heavy (non-hydrogen) atoms. The fourth-order valence-electron chi connectivity index (χ4n) is 3.45.